The fourth-order valence-electron chi connectivity index (χ4n) is 2.25. The molecule has 0 bridgehead atoms. The summed E-state index contributed by atoms with van der Waals surface area (Å²) in [7, 11) is 2.24. The summed E-state index contributed by atoms with van der Waals surface area (Å²) >= 11 is 0. The molecule has 0 saturated carbocycles. The predicted octanol–water partition coefficient (Wildman–Crippen LogP) is 2.21. The standard InChI is InChI=1S/C12H21NO/c1-9-4-5-11(6-10(9)2)13(3)7-12-8-14-12/h11-12H,4-8H2,1-3H3. The van der Waals surface area contributed by atoms with Crippen molar-refractivity contribution in [1.29, 1.82) is 0 Å². The maximum atomic E-state index is 5.26. The second-order valence-electron chi connectivity index (χ2n) is 4.85. The zero-order chi connectivity index (χ0) is 10.1. The van der Waals surface area contributed by atoms with Gasteiger partial charge < -0.3 is 9.64 Å². The molecule has 1 heterocycles. The van der Waals surface area contributed by atoms with Crippen LogP contribution in [0, 0.1) is 0 Å². The summed E-state index contributed by atoms with van der Waals surface area (Å²) in [5, 5.41) is 0. The Morgan fingerprint density at radius 1 is 1.36 bits per heavy atom. The van der Waals surface area contributed by atoms with Gasteiger partial charge in [-0.1, -0.05) is 11.1 Å². The summed E-state index contributed by atoms with van der Waals surface area (Å²) < 4.78 is 5.26. The molecule has 1 saturated heterocycles. The van der Waals surface area contributed by atoms with Crippen LogP contribution in [0.15, 0.2) is 11.1 Å². The molecule has 0 N–H and O–H groups in total. The number of ether oxygens (including phenoxy) is 1. The summed E-state index contributed by atoms with van der Waals surface area (Å²) in [4.78, 5) is 2.48. The fraction of sp³-hybridized carbons (Fsp3) is 0.833. The predicted molar refractivity (Wildman–Crippen MR) is 58.4 cm³/mol. The molecule has 0 aromatic carbocycles. The van der Waals surface area contributed by atoms with Crippen LogP contribution in [-0.4, -0.2) is 37.2 Å². The number of allylic oxidation sites excluding steroid dienone is 1. The first-order chi connectivity index (χ1) is 6.66. The lowest BCUT2D eigenvalue weighted by Gasteiger charge is -2.32. The van der Waals surface area contributed by atoms with Gasteiger partial charge in [0.05, 0.1) is 12.7 Å². The summed E-state index contributed by atoms with van der Waals surface area (Å²) in [6, 6.07) is 0.753. The van der Waals surface area contributed by atoms with Crippen molar-refractivity contribution < 1.29 is 4.74 Å². The van der Waals surface area contributed by atoms with Crippen molar-refractivity contribution in [3.8, 4) is 0 Å². The van der Waals surface area contributed by atoms with Crippen molar-refractivity contribution in [3.05, 3.63) is 11.1 Å². The smallest absolute Gasteiger partial charge is 0.0936 e. The van der Waals surface area contributed by atoms with E-state index in [0.717, 1.165) is 19.2 Å². The minimum Gasteiger partial charge on any atom is -0.372 e. The third-order valence-corrected chi connectivity index (χ3v) is 3.64. The average molecular weight is 195 g/mol. The van der Waals surface area contributed by atoms with Crippen molar-refractivity contribution >= 4 is 0 Å². The number of hydrogen-bond donors (Lipinski definition) is 0. The van der Waals surface area contributed by atoms with Crippen molar-refractivity contribution in [2.75, 3.05) is 20.2 Å². The number of epoxide rings is 1. The topological polar surface area (TPSA) is 15.8 Å². The van der Waals surface area contributed by atoms with Gasteiger partial charge in [-0.25, -0.2) is 0 Å². The van der Waals surface area contributed by atoms with Crippen LogP contribution >= 0.6 is 0 Å². The normalized spacial score (nSPS) is 32.6. The Morgan fingerprint density at radius 3 is 2.64 bits per heavy atom. The molecule has 2 aliphatic rings. The van der Waals surface area contributed by atoms with Gasteiger partial charge in [0, 0.05) is 12.6 Å². The number of likely N-dealkylation sites (N-methyl/N-ethyl adjacent to an activating group) is 1. The van der Waals surface area contributed by atoms with Gasteiger partial charge in [-0.3, -0.25) is 0 Å². The zero-order valence-corrected chi connectivity index (χ0v) is 9.55. The highest BCUT2D eigenvalue weighted by Crippen LogP contribution is 2.27. The lowest BCUT2D eigenvalue weighted by molar-refractivity contribution is 0.201. The van der Waals surface area contributed by atoms with E-state index in [4.69, 9.17) is 4.74 Å². The quantitative estimate of drug-likeness (QED) is 0.507. The van der Waals surface area contributed by atoms with Crippen molar-refractivity contribution in [3.63, 3.8) is 0 Å². The van der Waals surface area contributed by atoms with Gasteiger partial charge in [0.1, 0.15) is 0 Å². The SMILES string of the molecule is CC1=C(C)CC(N(C)CC2CO2)CC1. The molecule has 1 aliphatic heterocycles. The highest BCUT2D eigenvalue weighted by Gasteiger charge is 2.28. The molecule has 2 heteroatoms. The number of nitrogens with zero attached hydrogens (tertiary/aromatic N) is 1. The summed E-state index contributed by atoms with van der Waals surface area (Å²) in [6.07, 6.45) is 4.40. The number of rotatable bonds is 3. The summed E-state index contributed by atoms with van der Waals surface area (Å²) in [5.41, 5.74) is 3.21. The van der Waals surface area contributed by atoms with Gasteiger partial charge in [-0.15, -0.1) is 0 Å². The van der Waals surface area contributed by atoms with Gasteiger partial charge in [0.15, 0.2) is 0 Å². The highest BCUT2D eigenvalue weighted by molar-refractivity contribution is 5.15. The first kappa shape index (κ1) is 10.2. The van der Waals surface area contributed by atoms with Crippen LogP contribution in [0.3, 0.4) is 0 Å². The Morgan fingerprint density at radius 2 is 2.07 bits per heavy atom. The Kier molecular flexibility index (Phi) is 2.93. The van der Waals surface area contributed by atoms with Crippen LogP contribution in [-0.2, 0) is 4.74 Å². The van der Waals surface area contributed by atoms with E-state index in [9.17, 15) is 0 Å². The molecular weight excluding hydrogens is 174 g/mol. The third kappa shape index (κ3) is 2.37. The Labute approximate surface area is 86.9 Å². The molecule has 0 amide bonds. The van der Waals surface area contributed by atoms with Gasteiger partial charge in [-0.05, 0) is 40.2 Å². The van der Waals surface area contributed by atoms with E-state index >= 15 is 0 Å². The Hall–Kier alpha value is -0.340. The average Bonchev–Trinajstić information content (AvgIpc) is 2.93. The van der Waals surface area contributed by atoms with Crippen LogP contribution < -0.4 is 0 Å². The van der Waals surface area contributed by atoms with Crippen LogP contribution in [0.25, 0.3) is 0 Å². The van der Waals surface area contributed by atoms with Crippen LogP contribution in [0.4, 0.5) is 0 Å². The molecule has 0 aromatic rings. The molecule has 80 valence electrons. The highest BCUT2D eigenvalue weighted by atomic mass is 16.6. The summed E-state index contributed by atoms with van der Waals surface area (Å²) in [5.74, 6) is 0. The molecule has 2 rings (SSSR count). The molecule has 2 unspecified atom stereocenters. The second-order valence-corrected chi connectivity index (χ2v) is 4.85. The lowest BCUT2D eigenvalue weighted by Crippen LogP contribution is -2.36. The van der Waals surface area contributed by atoms with Gasteiger partial charge in [-0.2, -0.15) is 0 Å². The van der Waals surface area contributed by atoms with Crippen LogP contribution in [0.2, 0.25) is 0 Å². The van der Waals surface area contributed by atoms with Gasteiger partial charge in [0.25, 0.3) is 0 Å². The van der Waals surface area contributed by atoms with Crippen molar-refractivity contribution in [1.82, 2.24) is 4.90 Å². The lowest BCUT2D eigenvalue weighted by atomic mass is 9.89. The monoisotopic (exact) mass is 195 g/mol. The van der Waals surface area contributed by atoms with Crippen molar-refractivity contribution in [2.24, 2.45) is 0 Å². The minimum atomic E-state index is 0.535. The fourth-order valence-corrected chi connectivity index (χ4v) is 2.25. The molecule has 2 atom stereocenters. The Balaban J connectivity index is 1.86. The van der Waals surface area contributed by atoms with Gasteiger partial charge >= 0.3 is 0 Å². The molecular formula is C12H21NO. The molecule has 0 radical (unpaired) electrons. The minimum absolute atomic E-state index is 0.535. The van der Waals surface area contributed by atoms with Crippen molar-refractivity contribution in [2.45, 2.75) is 45.3 Å². The number of hydrogen-bond acceptors (Lipinski definition) is 2. The molecule has 1 aliphatic carbocycles. The second kappa shape index (κ2) is 4.03. The van der Waals surface area contributed by atoms with E-state index in [0.29, 0.717) is 6.10 Å². The van der Waals surface area contributed by atoms with Crippen LogP contribution in [0.1, 0.15) is 33.1 Å². The van der Waals surface area contributed by atoms with E-state index in [-0.39, 0.29) is 0 Å². The van der Waals surface area contributed by atoms with E-state index in [1.807, 2.05) is 0 Å². The van der Waals surface area contributed by atoms with E-state index in [1.165, 1.54) is 19.3 Å². The maximum absolute atomic E-state index is 5.26. The zero-order valence-electron chi connectivity index (χ0n) is 9.55. The molecule has 14 heavy (non-hydrogen) atoms. The van der Waals surface area contributed by atoms with E-state index in [2.05, 4.69) is 25.8 Å². The van der Waals surface area contributed by atoms with E-state index in [1.54, 1.807) is 11.1 Å². The molecule has 2 nitrogen and oxygen atoms in total. The maximum Gasteiger partial charge on any atom is 0.0936 e. The largest absolute Gasteiger partial charge is 0.372 e. The summed E-state index contributed by atoms with van der Waals surface area (Å²) in [6.45, 7) is 6.65. The first-order valence-corrected chi connectivity index (χ1v) is 5.64. The third-order valence-electron chi connectivity index (χ3n) is 3.64. The first-order valence-electron chi connectivity index (χ1n) is 5.64. The molecule has 1 fully saturated rings. The molecule has 0 spiro atoms. The molecule has 0 aromatic heterocycles. The van der Waals surface area contributed by atoms with Gasteiger partial charge in [0.2, 0.25) is 0 Å². The van der Waals surface area contributed by atoms with Crippen LogP contribution in [0.5, 0.6) is 0 Å². The van der Waals surface area contributed by atoms with E-state index < -0.39 is 0 Å². The Bertz CT molecular complexity index is 243.